The van der Waals surface area contributed by atoms with Gasteiger partial charge in [0.05, 0.1) is 0 Å². The van der Waals surface area contributed by atoms with Crippen LogP contribution in [0.5, 0.6) is 0 Å². The molecule has 1 aliphatic heterocycles. The topological polar surface area (TPSA) is 40.5 Å². The highest BCUT2D eigenvalue weighted by atomic mass is 16.3. The van der Waals surface area contributed by atoms with Gasteiger partial charge < -0.3 is 10.0 Å². The first-order valence-electron chi connectivity index (χ1n) is 4.39. The third kappa shape index (κ3) is 1.12. The number of rotatable bonds is 1. The van der Waals surface area contributed by atoms with Crippen LogP contribution in [0.1, 0.15) is 27.2 Å². The van der Waals surface area contributed by atoms with Gasteiger partial charge in [0.2, 0.25) is 0 Å². The number of hydrogen-bond donors (Lipinski definition) is 1. The Morgan fingerprint density at radius 3 is 2.33 bits per heavy atom. The molecule has 0 radical (unpaired) electrons. The lowest BCUT2D eigenvalue weighted by Crippen LogP contribution is -2.43. The van der Waals surface area contributed by atoms with Crippen LogP contribution in [0, 0.1) is 5.92 Å². The number of nitrogens with zero attached hydrogens (tertiary/aromatic N) is 1. The summed E-state index contributed by atoms with van der Waals surface area (Å²) < 4.78 is 0. The summed E-state index contributed by atoms with van der Waals surface area (Å²) >= 11 is 0. The summed E-state index contributed by atoms with van der Waals surface area (Å²) in [6, 6.07) is 0.157. The van der Waals surface area contributed by atoms with Crippen LogP contribution < -0.4 is 0 Å². The van der Waals surface area contributed by atoms with Crippen molar-refractivity contribution in [2.75, 3.05) is 7.05 Å². The zero-order valence-corrected chi connectivity index (χ0v) is 8.16. The maximum Gasteiger partial charge on any atom is 0.254 e. The Morgan fingerprint density at radius 2 is 2.17 bits per heavy atom. The Bertz CT molecular complexity index is 203. The molecule has 3 heteroatoms. The number of hydrogen-bond acceptors (Lipinski definition) is 2. The standard InChI is InChI=1S/C9H17NO2/c1-6(2)9(12)5-7(3)10(4)8(9)11/h6-7,12H,5H2,1-4H3/t7?,9-/m0/s1. The molecule has 1 fully saturated rings. The predicted octanol–water partition coefficient (Wildman–Crippen LogP) is 0.624. The summed E-state index contributed by atoms with van der Waals surface area (Å²) in [5, 5.41) is 9.99. The van der Waals surface area contributed by atoms with Gasteiger partial charge >= 0.3 is 0 Å². The molecule has 0 aromatic rings. The molecule has 70 valence electrons. The van der Waals surface area contributed by atoms with Crippen molar-refractivity contribution in [3.63, 3.8) is 0 Å². The van der Waals surface area contributed by atoms with Crippen LogP contribution in [0.3, 0.4) is 0 Å². The van der Waals surface area contributed by atoms with E-state index in [2.05, 4.69) is 0 Å². The van der Waals surface area contributed by atoms with E-state index in [1.54, 1.807) is 11.9 Å². The number of carbonyl (C=O) groups excluding carboxylic acids is 1. The highest BCUT2D eigenvalue weighted by Gasteiger charge is 2.49. The van der Waals surface area contributed by atoms with Crippen molar-refractivity contribution in [1.29, 1.82) is 0 Å². The van der Waals surface area contributed by atoms with Crippen LogP contribution in [-0.2, 0) is 4.79 Å². The number of carbonyl (C=O) groups is 1. The third-order valence-corrected chi connectivity index (χ3v) is 2.91. The third-order valence-electron chi connectivity index (χ3n) is 2.91. The Hall–Kier alpha value is -0.570. The van der Waals surface area contributed by atoms with Gasteiger partial charge in [0.15, 0.2) is 0 Å². The highest BCUT2D eigenvalue weighted by Crippen LogP contribution is 2.32. The van der Waals surface area contributed by atoms with E-state index in [0.717, 1.165) is 0 Å². The molecule has 1 heterocycles. The summed E-state index contributed by atoms with van der Waals surface area (Å²) in [5.74, 6) is -0.137. The van der Waals surface area contributed by atoms with Gasteiger partial charge in [0.1, 0.15) is 5.60 Å². The molecule has 1 unspecified atom stereocenters. The van der Waals surface area contributed by atoms with Gasteiger partial charge in [0, 0.05) is 19.5 Å². The van der Waals surface area contributed by atoms with E-state index in [-0.39, 0.29) is 17.9 Å². The van der Waals surface area contributed by atoms with Crippen molar-refractivity contribution < 1.29 is 9.90 Å². The van der Waals surface area contributed by atoms with Crippen molar-refractivity contribution in [1.82, 2.24) is 4.90 Å². The first-order valence-corrected chi connectivity index (χ1v) is 4.39. The number of likely N-dealkylation sites (N-methyl/N-ethyl adjacent to an activating group) is 1. The summed E-state index contributed by atoms with van der Waals surface area (Å²) in [7, 11) is 1.74. The molecule has 3 nitrogen and oxygen atoms in total. The molecule has 1 saturated heterocycles. The Balaban J connectivity index is 2.90. The molecule has 1 rings (SSSR count). The Kier molecular flexibility index (Phi) is 2.17. The highest BCUT2D eigenvalue weighted by molar-refractivity contribution is 5.87. The predicted molar refractivity (Wildman–Crippen MR) is 46.6 cm³/mol. The fourth-order valence-electron chi connectivity index (χ4n) is 1.66. The maximum atomic E-state index is 11.6. The normalized spacial score (nSPS) is 36.7. The van der Waals surface area contributed by atoms with Crippen LogP contribution in [0.15, 0.2) is 0 Å². The van der Waals surface area contributed by atoms with Crippen molar-refractivity contribution in [2.24, 2.45) is 5.92 Å². The maximum absolute atomic E-state index is 11.6. The molecule has 1 N–H and O–H groups in total. The molecular formula is C9H17NO2. The number of likely N-dealkylation sites (tertiary alicyclic amines) is 1. The molecule has 12 heavy (non-hydrogen) atoms. The lowest BCUT2D eigenvalue weighted by Gasteiger charge is -2.24. The van der Waals surface area contributed by atoms with E-state index in [1.807, 2.05) is 20.8 Å². The average molecular weight is 171 g/mol. The van der Waals surface area contributed by atoms with Gasteiger partial charge in [-0.3, -0.25) is 4.79 Å². The van der Waals surface area contributed by atoms with E-state index in [1.165, 1.54) is 0 Å². The fraction of sp³-hybridized carbons (Fsp3) is 0.889. The summed E-state index contributed by atoms with van der Waals surface area (Å²) in [6.07, 6.45) is 0.556. The second kappa shape index (κ2) is 2.73. The average Bonchev–Trinajstić information content (AvgIpc) is 2.17. The van der Waals surface area contributed by atoms with Gasteiger partial charge in [-0.15, -0.1) is 0 Å². The monoisotopic (exact) mass is 171 g/mol. The van der Waals surface area contributed by atoms with Crippen molar-refractivity contribution in [3.05, 3.63) is 0 Å². The number of amides is 1. The van der Waals surface area contributed by atoms with Gasteiger partial charge in [0.25, 0.3) is 5.91 Å². The largest absolute Gasteiger partial charge is 0.380 e. The lowest BCUT2D eigenvalue weighted by molar-refractivity contribution is -0.146. The van der Waals surface area contributed by atoms with Crippen molar-refractivity contribution in [2.45, 2.75) is 38.8 Å². The summed E-state index contributed by atoms with van der Waals surface area (Å²) in [6.45, 7) is 5.71. The van der Waals surface area contributed by atoms with Gasteiger partial charge in [-0.2, -0.15) is 0 Å². The Labute approximate surface area is 73.4 Å². The zero-order valence-electron chi connectivity index (χ0n) is 8.16. The van der Waals surface area contributed by atoms with E-state index >= 15 is 0 Å². The lowest BCUT2D eigenvalue weighted by atomic mass is 9.88. The molecule has 0 saturated carbocycles. The van der Waals surface area contributed by atoms with E-state index < -0.39 is 5.60 Å². The molecule has 2 atom stereocenters. The second-order valence-electron chi connectivity index (χ2n) is 4.05. The molecule has 0 aromatic carbocycles. The smallest absolute Gasteiger partial charge is 0.254 e. The Morgan fingerprint density at radius 1 is 1.67 bits per heavy atom. The fourth-order valence-corrected chi connectivity index (χ4v) is 1.66. The van der Waals surface area contributed by atoms with Gasteiger partial charge in [-0.05, 0) is 12.8 Å². The number of aliphatic hydroxyl groups is 1. The molecular weight excluding hydrogens is 154 g/mol. The van der Waals surface area contributed by atoms with Gasteiger partial charge in [-0.1, -0.05) is 13.8 Å². The summed E-state index contributed by atoms with van der Waals surface area (Å²) in [5.41, 5.74) is -1.12. The SMILES string of the molecule is CC1C[C@](O)(C(C)C)C(=O)N1C. The van der Waals surface area contributed by atoms with Crippen LogP contribution in [-0.4, -0.2) is 34.6 Å². The molecule has 0 aromatic heterocycles. The zero-order chi connectivity index (χ0) is 9.52. The van der Waals surface area contributed by atoms with Crippen LogP contribution in [0.25, 0.3) is 0 Å². The van der Waals surface area contributed by atoms with Crippen LogP contribution in [0.2, 0.25) is 0 Å². The van der Waals surface area contributed by atoms with E-state index in [0.29, 0.717) is 6.42 Å². The van der Waals surface area contributed by atoms with Crippen LogP contribution in [0.4, 0.5) is 0 Å². The van der Waals surface area contributed by atoms with Crippen molar-refractivity contribution in [3.8, 4) is 0 Å². The molecule has 1 amide bonds. The molecule has 0 aliphatic carbocycles. The minimum absolute atomic E-state index is 0.00241. The van der Waals surface area contributed by atoms with Crippen LogP contribution >= 0.6 is 0 Å². The molecule has 0 bridgehead atoms. The van der Waals surface area contributed by atoms with E-state index in [4.69, 9.17) is 0 Å². The summed E-state index contributed by atoms with van der Waals surface area (Å²) in [4.78, 5) is 13.2. The first kappa shape index (κ1) is 9.52. The molecule has 1 aliphatic rings. The first-order chi connectivity index (χ1) is 5.39. The quantitative estimate of drug-likeness (QED) is 0.628. The van der Waals surface area contributed by atoms with E-state index in [9.17, 15) is 9.90 Å². The van der Waals surface area contributed by atoms with Gasteiger partial charge in [-0.25, -0.2) is 0 Å². The molecule has 0 spiro atoms. The minimum atomic E-state index is -1.12. The second-order valence-corrected chi connectivity index (χ2v) is 4.05. The van der Waals surface area contributed by atoms with Crippen molar-refractivity contribution >= 4 is 5.91 Å². The minimum Gasteiger partial charge on any atom is -0.380 e.